The minimum atomic E-state index is -1.79. The fourth-order valence-corrected chi connectivity index (χ4v) is 1.97. The number of hydrogen-bond donors (Lipinski definition) is 8. The predicted molar refractivity (Wildman–Crippen MR) is 93.3 cm³/mol. The molecule has 0 aromatic rings. The van der Waals surface area contributed by atoms with Crippen LogP contribution < -0.4 is 21.7 Å². The van der Waals surface area contributed by atoms with E-state index in [2.05, 4.69) is 10.6 Å². The van der Waals surface area contributed by atoms with Gasteiger partial charge in [0.15, 0.2) is 0 Å². The lowest BCUT2D eigenvalue weighted by Gasteiger charge is -2.23. The normalized spacial score (nSPS) is 14.6. The van der Waals surface area contributed by atoms with Gasteiger partial charge in [0.2, 0.25) is 17.7 Å². The van der Waals surface area contributed by atoms with Crippen LogP contribution in [0.1, 0.15) is 26.2 Å². The Morgan fingerprint density at radius 1 is 0.931 bits per heavy atom. The van der Waals surface area contributed by atoms with Crippen LogP contribution in [0.4, 0.5) is 0 Å². The van der Waals surface area contributed by atoms with Crippen molar-refractivity contribution in [3.05, 3.63) is 0 Å². The summed E-state index contributed by atoms with van der Waals surface area (Å²) in [4.78, 5) is 67.8. The van der Waals surface area contributed by atoms with Gasteiger partial charge < -0.3 is 42.1 Å². The molecule has 0 rings (SSSR count). The van der Waals surface area contributed by atoms with Gasteiger partial charge in [-0.2, -0.15) is 0 Å². The van der Waals surface area contributed by atoms with Gasteiger partial charge in [-0.25, -0.2) is 4.79 Å². The largest absolute Gasteiger partial charge is 0.481 e. The van der Waals surface area contributed by atoms with Crippen molar-refractivity contribution in [2.45, 2.75) is 50.4 Å². The van der Waals surface area contributed by atoms with E-state index in [-0.39, 0.29) is 12.8 Å². The Hall–Kier alpha value is -3.26. The van der Waals surface area contributed by atoms with Crippen LogP contribution in [-0.2, 0) is 28.8 Å². The van der Waals surface area contributed by atoms with E-state index in [4.69, 9.17) is 21.1 Å². The number of rotatable bonds is 13. The van der Waals surface area contributed by atoms with Crippen LogP contribution >= 0.6 is 0 Å². The maximum atomic E-state index is 12.1. The van der Waals surface area contributed by atoms with Crippen molar-refractivity contribution in [3.63, 3.8) is 0 Å². The Morgan fingerprint density at radius 3 is 1.97 bits per heavy atom. The Bertz CT molecular complexity index is 651. The highest BCUT2D eigenvalue weighted by atomic mass is 16.4. The second-order valence-corrected chi connectivity index (χ2v) is 6.04. The molecule has 164 valence electrons. The highest BCUT2D eigenvalue weighted by Gasteiger charge is 2.30. The highest BCUT2D eigenvalue weighted by Crippen LogP contribution is 1.99. The van der Waals surface area contributed by atoms with Crippen LogP contribution in [0.3, 0.4) is 0 Å². The first-order valence-corrected chi connectivity index (χ1v) is 8.32. The molecule has 0 aliphatic heterocycles. The van der Waals surface area contributed by atoms with E-state index in [1.165, 1.54) is 0 Å². The third-order valence-electron chi connectivity index (χ3n) is 3.50. The van der Waals surface area contributed by atoms with E-state index in [0.29, 0.717) is 0 Å². The van der Waals surface area contributed by atoms with Crippen molar-refractivity contribution in [1.29, 1.82) is 0 Å². The summed E-state index contributed by atoms with van der Waals surface area (Å²) in [5, 5.41) is 41.8. The molecule has 0 saturated carbocycles. The van der Waals surface area contributed by atoms with Gasteiger partial charge in [-0.05, 0) is 13.3 Å². The van der Waals surface area contributed by atoms with Crippen molar-refractivity contribution in [3.8, 4) is 0 Å². The zero-order valence-corrected chi connectivity index (χ0v) is 15.5. The van der Waals surface area contributed by atoms with Crippen LogP contribution in [0.25, 0.3) is 0 Å². The van der Waals surface area contributed by atoms with Gasteiger partial charge in [-0.15, -0.1) is 0 Å². The van der Waals surface area contributed by atoms with Crippen molar-refractivity contribution < 1.29 is 49.2 Å². The van der Waals surface area contributed by atoms with Crippen molar-refractivity contribution in [2.75, 3.05) is 6.54 Å². The summed E-state index contributed by atoms with van der Waals surface area (Å²) in [6.07, 6.45) is -2.92. The molecule has 0 saturated heterocycles. The minimum Gasteiger partial charge on any atom is -0.481 e. The smallest absolute Gasteiger partial charge is 0.326 e. The maximum absolute atomic E-state index is 12.1. The summed E-state index contributed by atoms with van der Waals surface area (Å²) in [5.74, 6) is -7.16. The Balaban J connectivity index is 4.78. The molecule has 0 aromatic carbocycles. The minimum absolute atomic E-state index is 0.165. The van der Waals surface area contributed by atoms with Gasteiger partial charge in [0.25, 0.3) is 0 Å². The first kappa shape index (κ1) is 25.7. The number of carbonyl (C=O) groups is 6. The Labute approximate surface area is 164 Å². The molecule has 4 atom stereocenters. The molecule has 0 aliphatic rings. The van der Waals surface area contributed by atoms with Gasteiger partial charge in [-0.1, -0.05) is 0 Å². The number of hydrogen-bond acceptors (Lipinski definition) is 8. The van der Waals surface area contributed by atoms with Crippen LogP contribution in [0, 0.1) is 0 Å². The summed E-state index contributed by atoms with van der Waals surface area (Å²) < 4.78 is 0. The van der Waals surface area contributed by atoms with Gasteiger partial charge in [0, 0.05) is 6.42 Å². The second-order valence-electron chi connectivity index (χ2n) is 6.04. The lowest BCUT2D eigenvalue weighted by atomic mass is 10.1. The molecule has 0 radical (unpaired) electrons. The van der Waals surface area contributed by atoms with Crippen LogP contribution in [0.15, 0.2) is 0 Å². The number of carbonyl (C=O) groups excluding carboxylic acids is 3. The first-order chi connectivity index (χ1) is 13.3. The number of nitrogens with one attached hydrogen (secondary N) is 3. The standard InChI is InChI=1S/C15H24N4O10/c1-6(20)12(14(27)18-8(15(28)29)4-11(24)25)19-9(21)5-17-13(26)7(16)2-3-10(22)23/h6-8,12,20H,2-5,16H2,1H3,(H,17,26)(H,18,27)(H,19,21)(H,22,23)(H,24,25)(H,28,29). The topological polar surface area (TPSA) is 245 Å². The van der Waals surface area contributed by atoms with Gasteiger partial charge >= 0.3 is 17.9 Å². The number of aliphatic hydroxyl groups excluding tert-OH is 1. The number of carboxylic acids is 3. The molecule has 14 heteroatoms. The molecule has 0 bridgehead atoms. The van der Waals surface area contributed by atoms with E-state index in [1.54, 1.807) is 0 Å². The molecule has 0 heterocycles. The molecule has 29 heavy (non-hydrogen) atoms. The molecule has 4 unspecified atom stereocenters. The number of carboxylic acid groups (broad SMARTS) is 3. The molecule has 14 nitrogen and oxygen atoms in total. The molecular weight excluding hydrogens is 396 g/mol. The zero-order valence-electron chi connectivity index (χ0n) is 15.5. The van der Waals surface area contributed by atoms with E-state index in [1.807, 2.05) is 5.32 Å². The van der Waals surface area contributed by atoms with Gasteiger partial charge in [0.1, 0.15) is 12.1 Å². The summed E-state index contributed by atoms with van der Waals surface area (Å²) in [6, 6.07) is -4.59. The zero-order chi connectivity index (χ0) is 22.7. The van der Waals surface area contributed by atoms with E-state index in [9.17, 15) is 33.9 Å². The maximum Gasteiger partial charge on any atom is 0.326 e. The molecule has 0 aliphatic carbocycles. The van der Waals surface area contributed by atoms with Crippen LogP contribution in [0.5, 0.6) is 0 Å². The molecule has 9 N–H and O–H groups in total. The number of aliphatic hydroxyl groups is 1. The average Bonchev–Trinajstić information content (AvgIpc) is 2.60. The molecule has 0 fully saturated rings. The Kier molecular flexibility index (Phi) is 10.9. The summed E-state index contributed by atoms with van der Waals surface area (Å²) in [7, 11) is 0. The average molecular weight is 420 g/mol. The van der Waals surface area contributed by atoms with Crippen molar-refractivity contribution >= 4 is 35.6 Å². The highest BCUT2D eigenvalue weighted by molar-refractivity contribution is 5.93. The lowest BCUT2D eigenvalue weighted by molar-refractivity contribution is -0.147. The molecule has 0 spiro atoms. The summed E-state index contributed by atoms with van der Waals surface area (Å²) in [6.45, 7) is 0.464. The summed E-state index contributed by atoms with van der Waals surface area (Å²) >= 11 is 0. The van der Waals surface area contributed by atoms with Gasteiger partial charge in [0.05, 0.1) is 25.1 Å². The molecule has 0 aromatic heterocycles. The van der Waals surface area contributed by atoms with Gasteiger partial charge in [-0.3, -0.25) is 24.0 Å². The second kappa shape index (κ2) is 12.2. The third kappa shape index (κ3) is 10.6. The van der Waals surface area contributed by atoms with E-state index < -0.39 is 72.8 Å². The number of amides is 3. The fraction of sp³-hybridized carbons (Fsp3) is 0.600. The lowest BCUT2D eigenvalue weighted by Crippen LogP contribution is -2.57. The summed E-state index contributed by atoms with van der Waals surface area (Å²) in [5.41, 5.74) is 5.46. The van der Waals surface area contributed by atoms with E-state index >= 15 is 0 Å². The quantitative estimate of drug-likeness (QED) is 0.143. The number of aliphatic carboxylic acids is 3. The van der Waals surface area contributed by atoms with E-state index in [0.717, 1.165) is 6.92 Å². The van der Waals surface area contributed by atoms with Crippen molar-refractivity contribution in [1.82, 2.24) is 16.0 Å². The Morgan fingerprint density at radius 2 is 1.52 bits per heavy atom. The number of nitrogens with two attached hydrogens (primary N) is 1. The van der Waals surface area contributed by atoms with Crippen LogP contribution in [0.2, 0.25) is 0 Å². The predicted octanol–water partition coefficient (Wildman–Crippen LogP) is -3.80. The van der Waals surface area contributed by atoms with Crippen LogP contribution in [-0.4, -0.2) is 86.8 Å². The molecule has 3 amide bonds. The third-order valence-corrected chi connectivity index (χ3v) is 3.50. The monoisotopic (exact) mass is 420 g/mol. The van der Waals surface area contributed by atoms with Crippen molar-refractivity contribution in [2.24, 2.45) is 5.73 Å². The SMILES string of the molecule is CC(O)C(NC(=O)CNC(=O)C(N)CCC(=O)O)C(=O)NC(CC(=O)O)C(=O)O. The first-order valence-electron chi connectivity index (χ1n) is 8.32. The molecular formula is C15H24N4O10. The fourth-order valence-electron chi connectivity index (χ4n) is 1.97.